The van der Waals surface area contributed by atoms with Crippen molar-refractivity contribution in [3.8, 4) is 12.3 Å². The number of terminal acetylenes is 1. The fourth-order valence-electron chi connectivity index (χ4n) is 3.16. The Labute approximate surface area is 163 Å². The third kappa shape index (κ3) is 4.57. The van der Waals surface area contributed by atoms with E-state index in [1.807, 2.05) is 30.3 Å². The molecule has 6 heteroatoms. The number of nitrogens with zero attached hydrogens (tertiary/aromatic N) is 1. The van der Waals surface area contributed by atoms with Crippen LogP contribution in [0, 0.1) is 18.3 Å². The van der Waals surface area contributed by atoms with Crippen LogP contribution in [0.1, 0.15) is 22.3 Å². The molecule has 2 N–H and O–H groups in total. The fraction of sp³-hybridized carbons (Fsp3) is 0.227. The highest BCUT2D eigenvalue weighted by atomic mass is 16.2. The summed E-state index contributed by atoms with van der Waals surface area (Å²) in [7, 11) is 0. The zero-order valence-corrected chi connectivity index (χ0v) is 15.4. The third-order valence-electron chi connectivity index (χ3n) is 4.58. The molecule has 1 fully saturated rings. The van der Waals surface area contributed by atoms with Gasteiger partial charge in [-0.15, -0.1) is 6.42 Å². The Balaban J connectivity index is 1.65. The highest BCUT2D eigenvalue weighted by Crippen LogP contribution is 2.23. The fourth-order valence-corrected chi connectivity index (χ4v) is 3.16. The average molecular weight is 375 g/mol. The first kappa shape index (κ1) is 19.2. The quantitative estimate of drug-likeness (QED) is 0.759. The summed E-state index contributed by atoms with van der Waals surface area (Å²) in [4.78, 5) is 38.9. The van der Waals surface area contributed by atoms with Gasteiger partial charge in [-0.25, -0.2) is 0 Å². The third-order valence-corrected chi connectivity index (χ3v) is 4.58. The summed E-state index contributed by atoms with van der Waals surface area (Å²) < 4.78 is 0. The predicted molar refractivity (Wildman–Crippen MR) is 106 cm³/mol. The van der Waals surface area contributed by atoms with E-state index in [-0.39, 0.29) is 30.7 Å². The van der Waals surface area contributed by atoms with Crippen LogP contribution in [0.25, 0.3) is 0 Å². The van der Waals surface area contributed by atoms with E-state index in [0.29, 0.717) is 24.3 Å². The number of para-hydroxylation sites is 1. The molecule has 0 saturated carbocycles. The van der Waals surface area contributed by atoms with E-state index in [2.05, 4.69) is 16.6 Å². The molecule has 6 nitrogen and oxygen atoms in total. The van der Waals surface area contributed by atoms with Crippen molar-refractivity contribution in [2.24, 2.45) is 5.92 Å². The normalized spacial score (nSPS) is 15.8. The summed E-state index contributed by atoms with van der Waals surface area (Å²) in [5.41, 5.74) is 1.75. The van der Waals surface area contributed by atoms with E-state index in [0.717, 1.165) is 5.56 Å². The molecule has 0 aliphatic carbocycles. The Morgan fingerprint density at radius 3 is 2.57 bits per heavy atom. The summed E-state index contributed by atoms with van der Waals surface area (Å²) in [5, 5.41) is 5.37. The van der Waals surface area contributed by atoms with E-state index in [1.54, 1.807) is 29.2 Å². The molecule has 1 saturated heterocycles. The summed E-state index contributed by atoms with van der Waals surface area (Å²) in [6.45, 7) is 0.937. The second kappa shape index (κ2) is 8.87. The Kier molecular flexibility index (Phi) is 6.07. The molecule has 3 rings (SSSR count). The Bertz CT molecular complexity index is 918. The molecule has 3 amide bonds. The van der Waals surface area contributed by atoms with Gasteiger partial charge >= 0.3 is 0 Å². The molecule has 1 heterocycles. The van der Waals surface area contributed by atoms with Gasteiger partial charge in [0.05, 0.1) is 23.7 Å². The van der Waals surface area contributed by atoms with E-state index < -0.39 is 5.92 Å². The standard InChI is InChI=1S/C22H21N3O3/c1-2-12-23-22(28)18-10-6-7-11-19(18)24-21(27)17-13-20(26)25(15-17)14-16-8-4-3-5-9-16/h1,3-11,17H,12-15H2,(H,23,28)(H,24,27). The lowest BCUT2D eigenvalue weighted by Gasteiger charge is -2.17. The van der Waals surface area contributed by atoms with Crippen LogP contribution in [-0.4, -0.2) is 35.7 Å². The van der Waals surface area contributed by atoms with Gasteiger partial charge in [0.2, 0.25) is 11.8 Å². The van der Waals surface area contributed by atoms with Crippen molar-refractivity contribution >= 4 is 23.4 Å². The van der Waals surface area contributed by atoms with Crippen molar-refractivity contribution in [3.05, 3.63) is 65.7 Å². The first-order valence-corrected chi connectivity index (χ1v) is 9.01. The molecule has 1 atom stereocenters. The summed E-state index contributed by atoms with van der Waals surface area (Å²) in [5.74, 6) is 1.19. The molecule has 1 aliphatic heterocycles. The van der Waals surface area contributed by atoms with Gasteiger partial charge in [-0.2, -0.15) is 0 Å². The predicted octanol–water partition coefficient (Wildman–Crippen LogP) is 2.04. The van der Waals surface area contributed by atoms with Gasteiger partial charge in [0.25, 0.3) is 5.91 Å². The van der Waals surface area contributed by atoms with Crippen LogP contribution < -0.4 is 10.6 Å². The van der Waals surface area contributed by atoms with Crippen LogP contribution in [0.3, 0.4) is 0 Å². The van der Waals surface area contributed by atoms with Gasteiger partial charge in [0, 0.05) is 19.5 Å². The molecular formula is C22H21N3O3. The van der Waals surface area contributed by atoms with Crippen molar-refractivity contribution in [1.82, 2.24) is 10.2 Å². The molecule has 1 aliphatic rings. The number of nitrogens with one attached hydrogen (secondary N) is 2. The first-order chi connectivity index (χ1) is 13.6. The van der Waals surface area contributed by atoms with Crippen LogP contribution in [-0.2, 0) is 16.1 Å². The van der Waals surface area contributed by atoms with Crippen LogP contribution >= 0.6 is 0 Å². The van der Waals surface area contributed by atoms with E-state index in [1.165, 1.54) is 0 Å². The van der Waals surface area contributed by atoms with Gasteiger partial charge in [-0.05, 0) is 17.7 Å². The van der Waals surface area contributed by atoms with Crippen molar-refractivity contribution in [3.63, 3.8) is 0 Å². The molecule has 1 unspecified atom stereocenters. The average Bonchev–Trinajstić information content (AvgIpc) is 3.08. The molecule has 0 aromatic heterocycles. The summed E-state index contributed by atoms with van der Waals surface area (Å²) in [6.07, 6.45) is 5.32. The number of benzene rings is 2. The van der Waals surface area contributed by atoms with Crippen LogP contribution in [0.5, 0.6) is 0 Å². The smallest absolute Gasteiger partial charge is 0.254 e. The maximum absolute atomic E-state index is 12.7. The maximum atomic E-state index is 12.7. The van der Waals surface area contributed by atoms with Crippen molar-refractivity contribution in [2.45, 2.75) is 13.0 Å². The lowest BCUT2D eigenvalue weighted by molar-refractivity contribution is -0.128. The number of hydrogen-bond donors (Lipinski definition) is 2. The maximum Gasteiger partial charge on any atom is 0.254 e. The van der Waals surface area contributed by atoms with Crippen LogP contribution in [0.2, 0.25) is 0 Å². The molecule has 2 aromatic carbocycles. The SMILES string of the molecule is C#CCNC(=O)c1ccccc1NC(=O)C1CC(=O)N(Cc2ccccc2)C1. The van der Waals surface area contributed by atoms with Crippen molar-refractivity contribution < 1.29 is 14.4 Å². The molecule has 0 radical (unpaired) electrons. The summed E-state index contributed by atoms with van der Waals surface area (Å²) in [6, 6.07) is 16.4. The molecular weight excluding hydrogens is 354 g/mol. The lowest BCUT2D eigenvalue weighted by Crippen LogP contribution is -2.29. The highest BCUT2D eigenvalue weighted by molar-refractivity contribution is 6.05. The Morgan fingerprint density at radius 2 is 1.82 bits per heavy atom. The topological polar surface area (TPSA) is 78.5 Å². The van der Waals surface area contributed by atoms with Gasteiger partial charge in [-0.3, -0.25) is 14.4 Å². The molecule has 0 bridgehead atoms. The minimum Gasteiger partial charge on any atom is -0.341 e. The first-order valence-electron chi connectivity index (χ1n) is 9.01. The molecule has 2 aromatic rings. The van der Waals surface area contributed by atoms with E-state index in [9.17, 15) is 14.4 Å². The molecule has 0 spiro atoms. The zero-order chi connectivity index (χ0) is 19.9. The monoisotopic (exact) mass is 375 g/mol. The van der Waals surface area contributed by atoms with Crippen LogP contribution in [0.4, 0.5) is 5.69 Å². The molecule has 28 heavy (non-hydrogen) atoms. The minimum absolute atomic E-state index is 0.0518. The second-order valence-corrected chi connectivity index (χ2v) is 6.58. The molecule has 142 valence electrons. The van der Waals surface area contributed by atoms with Gasteiger partial charge in [-0.1, -0.05) is 48.4 Å². The number of likely N-dealkylation sites (tertiary alicyclic amines) is 1. The van der Waals surface area contributed by atoms with E-state index in [4.69, 9.17) is 6.42 Å². The largest absolute Gasteiger partial charge is 0.341 e. The highest BCUT2D eigenvalue weighted by Gasteiger charge is 2.34. The number of carbonyl (C=O) groups excluding carboxylic acids is 3. The number of amides is 3. The number of hydrogen-bond acceptors (Lipinski definition) is 3. The van der Waals surface area contributed by atoms with Gasteiger partial charge in [0.1, 0.15) is 0 Å². The number of rotatable bonds is 6. The Morgan fingerprint density at radius 1 is 1.11 bits per heavy atom. The van der Waals surface area contributed by atoms with Crippen molar-refractivity contribution in [2.75, 3.05) is 18.4 Å². The lowest BCUT2D eigenvalue weighted by atomic mass is 10.1. The minimum atomic E-state index is -0.460. The van der Waals surface area contributed by atoms with Gasteiger partial charge < -0.3 is 15.5 Å². The number of anilines is 1. The van der Waals surface area contributed by atoms with Gasteiger partial charge in [0.15, 0.2) is 0 Å². The Hall–Kier alpha value is -3.59. The summed E-state index contributed by atoms with van der Waals surface area (Å²) >= 11 is 0. The second-order valence-electron chi connectivity index (χ2n) is 6.58. The van der Waals surface area contributed by atoms with E-state index >= 15 is 0 Å². The van der Waals surface area contributed by atoms with Crippen molar-refractivity contribution in [1.29, 1.82) is 0 Å². The zero-order valence-electron chi connectivity index (χ0n) is 15.4. The number of carbonyl (C=O) groups is 3. The van der Waals surface area contributed by atoms with Crippen LogP contribution in [0.15, 0.2) is 54.6 Å².